The van der Waals surface area contributed by atoms with Gasteiger partial charge in [-0.05, 0) is 30.7 Å². The van der Waals surface area contributed by atoms with Gasteiger partial charge in [0.15, 0.2) is 0 Å². The van der Waals surface area contributed by atoms with Gasteiger partial charge in [-0.25, -0.2) is 0 Å². The molecule has 0 saturated carbocycles. The molecule has 0 aromatic heterocycles. The molecule has 0 aliphatic heterocycles. The number of rotatable bonds is 8. The van der Waals surface area contributed by atoms with Gasteiger partial charge < -0.3 is 14.8 Å². The van der Waals surface area contributed by atoms with Crippen molar-refractivity contribution in [1.82, 2.24) is 5.32 Å². The Kier molecular flexibility index (Phi) is 7.00. The van der Waals surface area contributed by atoms with Crippen molar-refractivity contribution in [1.29, 1.82) is 0 Å². The quantitative estimate of drug-likeness (QED) is 0.790. The van der Waals surface area contributed by atoms with Crippen molar-refractivity contribution in [3.8, 4) is 11.5 Å². The van der Waals surface area contributed by atoms with Crippen LogP contribution in [0.5, 0.6) is 11.5 Å². The third-order valence-electron chi connectivity index (χ3n) is 3.63. The fraction of sp³-hybridized carbons (Fsp3) is 0.316. The number of hydrogen-bond donors (Lipinski definition) is 1. The molecule has 0 bridgehead atoms. The molecule has 24 heavy (non-hydrogen) atoms. The van der Waals surface area contributed by atoms with Gasteiger partial charge in [0, 0.05) is 11.3 Å². The molecule has 0 aliphatic carbocycles. The fourth-order valence-electron chi connectivity index (χ4n) is 2.37. The lowest BCUT2D eigenvalue weighted by atomic mass is 10.1. The molecular weight excluding hydrogens is 322 g/mol. The van der Waals surface area contributed by atoms with E-state index in [-0.39, 0.29) is 11.9 Å². The standard InChI is InChI=1S/C19H23NO3S/c1-14(17-11-16(22-2)9-10-18(17)23-3)20-19(21)13-24-12-15-7-5-4-6-8-15/h4-11,14H,12-13H2,1-3H3,(H,20,21)/t14-/m1/s1. The Bertz CT molecular complexity index is 661. The summed E-state index contributed by atoms with van der Waals surface area (Å²) < 4.78 is 10.6. The number of carbonyl (C=O) groups excluding carboxylic acids is 1. The van der Waals surface area contributed by atoms with Crippen molar-refractivity contribution in [2.24, 2.45) is 0 Å². The lowest BCUT2D eigenvalue weighted by molar-refractivity contribution is -0.119. The van der Waals surface area contributed by atoms with Gasteiger partial charge in [-0.15, -0.1) is 11.8 Å². The molecule has 1 amide bonds. The molecule has 128 valence electrons. The van der Waals surface area contributed by atoms with Crippen molar-refractivity contribution in [3.63, 3.8) is 0 Å². The number of methoxy groups -OCH3 is 2. The predicted molar refractivity (Wildman–Crippen MR) is 98.7 cm³/mol. The van der Waals surface area contributed by atoms with E-state index >= 15 is 0 Å². The van der Waals surface area contributed by atoms with E-state index < -0.39 is 0 Å². The number of hydrogen-bond acceptors (Lipinski definition) is 4. The average molecular weight is 345 g/mol. The van der Waals surface area contributed by atoms with Crippen LogP contribution >= 0.6 is 11.8 Å². The van der Waals surface area contributed by atoms with Crippen molar-refractivity contribution in [2.75, 3.05) is 20.0 Å². The normalized spacial score (nSPS) is 11.6. The molecule has 5 heteroatoms. The van der Waals surface area contributed by atoms with E-state index in [1.807, 2.05) is 43.3 Å². The molecule has 0 saturated heterocycles. The molecule has 4 nitrogen and oxygen atoms in total. The van der Waals surface area contributed by atoms with Crippen molar-refractivity contribution in [3.05, 3.63) is 59.7 Å². The van der Waals surface area contributed by atoms with Crippen LogP contribution in [-0.4, -0.2) is 25.9 Å². The summed E-state index contributed by atoms with van der Waals surface area (Å²) in [5.74, 6) is 2.73. The van der Waals surface area contributed by atoms with Gasteiger partial charge in [-0.3, -0.25) is 4.79 Å². The maximum Gasteiger partial charge on any atom is 0.230 e. The zero-order valence-electron chi connectivity index (χ0n) is 14.2. The lowest BCUT2D eigenvalue weighted by Crippen LogP contribution is -2.28. The Hall–Kier alpha value is -2.14. The molecule has 0 aliphatic rings. The van der Waals surface area contributed by atoms with Crippen LogP contribution < -0.4 is 14.8 Å². The Morgan fingerprint density at radius 3 is 2.54 bits per heavy atom. The number of benzene rings is 2. The molecule has 0 spiro atoms. The van der Waals surface area contributed by atoms with E-state index in [0.29, 0.717) is 5.75 Å². The molecule has 2 rings (SSSR count). The van der Waals surface area contributed by atoms with Gasteiger partial charge in [0.2, 0.25) is 5.91 Å². The van der Waals surface area contributed by atoms with E-state index in [0.717, 1.165) is 22.8 Å². The van der Waals surface area contributed by atoms with E-state index in [1.54, 1.807) is 26.0 Å². The number of nitrogens with one attached hydrogen (secondary N) is 1. The van der Waals surface area contributed by atoms with Crippen LogP contribution in [0.1, 0.15) is 24.1 Å². The first-order valence-corrected chi connectivity index (χ1v) is 8.92. The predicted octanol–water partition coefficient (Wildman–Crippen LogP) is 3.81. The first-order valence-electron chi connectivity index (χ1n) is 7.77. The second-order valence-corrected chi connectivity index (χ2v) is 6.36. The summed E-state index contributed by atoms with van der Waals surface area (Å²) in [6.07, 6.45) is 0. The second-order valence-electron chi connectivity index (χ2n) is 5.38. The van der Waals surface area contributed by atoms with E-state index in [9.17, 15) is 4.79 Å². The topological polar surface area (TPSA) is 47.6 Å². The summed E-state index contributed by atoms with van der Waals surface area (Å²) >= 11 is 1.60. The molecule has 2 aromatic carbocycles. The Labute approximate surface area is 147 Å². The second kappa shape index (κ2) is 9.23. The monoisotopic (exact) mass is 345 g/mol. The Morgan fingerprint density at radius 2 is 1.88 bits per heavy atom. The highest BCUT2D eigenvalue weighted by Crippen LogP contribution is 2.29. The first-order chi connectivity index (χ1) is 11.6. The zero-order chi connectivity index (χ0) is 17.4. The third-order valence-corrected chi connectivity index (χ3v) is 4.63. The van der Waals surface area contributed by atoms with Gasteiger partial charge in [0.1, 0.15) is 11.5 Å². The maximum absolute atomic E-state index is 12.2. The smallest absolute Gasteiger partial charge is 0.230 e. The average Bonchev–Trinajstić information content (AvgIpc) is 2.62. The summed E-state index contributed by atoms with van der Waals surface area (Å²) in [6.45, 7) is 1.94. The summed E-state index contributed by atoms with van der Waals surface area (Å²) in [6, 6.07) is 15.6. The first kappa shape index (κ1) is 18.2. The molecule has 2 aromatic rings. The fourth-order valence-corrected chi connectivity index (χ4v) is 3.17. The van der Waals surface area contributed by atoms with Crippen molar-refractivity contribution in [2.45, 2.75) is 18.7 Å². The minimum absolute atomic E-state index is 0.00769. The highest BCUT2D eigenvalue weighted by molar-refractivity contribution is 7.99. The SMILES string of the molecule is COc1ccc(OC)c([C@@H](C)NC(=O)CSCc2ccccc2)c1. The molecule has 0 radical (unpaired) electrons. The zero-order valence-corrected chi connectivity index (χ0v) is 15.1. The molecule has 0 unspecified atom stereocenters. The summed E-state index contributed by atoms with van der Waals surface area (Å²) in [5.41, 5.74) is 2.12. The Morgan fingerprint density at radius 1 is 1.12 bits per heavy atom. The van der Waals surface area contributed by atoms with Gasteiger partial charge in [-0.2, -0.15) is 0 Å². The highest BCUT2D eigenvalue weighted by atomic mass is 32.2. The van der Waals surface area contributed by atoms with E-state index in [4.69, 9.17) is 9.47 Å². The molecule has 1 atom stereocenters. The van der Waals surface area contributed by atoms with Gasteiger partial charge in [0.25, 0.3) is 0 Å². The van der Waals surface area contributed by atoms with Crippen LogP contribution in [0.3, 0.4) is 0 Å². The van der Waals surface area contributed by atoms with Crippen LogP contribution in [0.2, 0.25) is 0 Å². The van der Waals surface area contributed by atoms with Crippen molar-refractivity contribution < 1.29 is 14.3 Å². The van der Waals surface area contributed by atoms with Gasteiger partial charge in [-0.1, -0.05) is 30.3 Å². The third kappa shape index (κ3) is 5.20. The summed E-state index contributed by atoms with van der Waals surface area (Å²) in [5, 5.41) is 3.01. The molecular formula is C19H23NO3S. The minimum atomic E-state index is -0.153. The molecule has 0 fully saturated rings. The summed E-state index contributed by atoms with van der Waals surface area (Å²) in [4.78, 5) is 12.2. The molecule has 1 N–H and O–H groups in total. The van der Waals surface area contributed by atoms with Crippen LogP contribution in [0.25, 0.3) is 0 Å². The largest absolute Gasteiger partial charge is 0.497 e. The number of carbonyl (C=O) groups is 1. The van der Waals surface area contributed by atoms with Crippen LogP contribution in [0, 0.1) is 0 Å². The summed E-state index contributed by atoms with van der Waals surface area (Å²) in [7, 11) is 3.24. The van der Waals surface area contributed by atoms with Gasteiger partial charge in [0.05, 0.1) is 26.0 Å². The lowest BCUT2D eigenvalue weighted by Gasteiger charge is -2.18. The Balaban J connectivity index is 1.89. The van der Waals surface area contributed by atoms with Crippen LogP contribution in [0.15, 0.2) is 48.5 Å². The maximum atomic E-state index is 12.2. The highest BCUT2D eigenvalue weighted by Gasteiger charge is 2.15. The van der Waals surface area contributed by atoms with E-state index in [1.165, 1.54) is 5.56 Å². The van der Waals surface area contributed by atoms with E-state index in [2.05, 4.69) is 17.4 Å². The number of amides is 1. The van der Waals surface area contributed by atoms with Gasteiger partial charge >= 0.3 is 0 Å². The number of thioether (sulfide) groups is 1. The van der Waals surface area contributed by atoms with Crippen LogP contribution in [-0.2, 0) is 10.5 Å². The van der Waals surface area contributed by atoms with Crippen LogP contribution in [0.4, 0.5) is 0 Å². The number of ether oxygens (including phenoxy) is 2. The van der Waals surface area contributed by atoms with Crippen molar-refractivity contribution >= 4 is 17.7 Å². The molecule has 0 heterocycles. The minimum Gasteiger partial charge on any atom is -0.497 e.